The molecule has 0 aliphatic rings. The van der Waals surface area contributed by atoms with Crippen molar-refractivity contribution in [1.82, 2.24) is 15.3 Å². The normalized spacial score (nSPS) is 9.91. The zero-order valence-electron chi connectivity index (χ0n) is 12.4. The van der Waals surface area contributed by atoms with E-state index < -0.39 is 6.09 Å². The van der Waals surface area contributed by atoms with Crippen LogP contribution in [0.2, 0.25) is 0 Å². The third kappa shape index (κ3) is 4.11. The lowest BCUT2D eigenvalue weighted by Crippen LogP contribution is -2.24. The first-order valence-electron chi connectivity index (χ1n) is 7.18. The topological polar surface area (TPSA) is 67.0 Å². The molecule has 2 N–H and O–H groups in total. The maximum absolute atomic E-state index is 11.6. The summed E-state index contributed by atoms with van der Waals surface area (Å²) in [5, 5.41) is 3.60. The second-order valence-electron chi connectivity index (χ2n) is 4.86. The molecule has 2 heterocycles. The molecule has 1 aromatic carbocycles. The number of rotatable bonds is 3. The van der Waals surface area contributed by atoms with E-state index >= 15 is 0 Å². The van der Waals surface area contributed by atoms with Crippen LogP contribution in [0, 0.1) is 11.8 Å². The van der Waals surface area contributed by atoms with Crippen LogP contribution in [0.3, 0.4) is 0 Å². The number of benzene rings is 1. The van der Waals surface area contributed by atoms with Crippen molar-refractivity contribution in [3.63, 3.8) is 0 Å². The van der Waals surface area contributed by atoms with Crippen LogP contribution in [-0.2, 0) is 11.3 Å². The molecule has 0 saturated carbocycles. The van der Waals surface area contributed by atoms with Crippen LogP contribution in [-0.4, -0.2) is 22.6 Å². The Balaban J connectivity index is 1.46. The van der Waals surface area contributed by atoms with E-state index in [4.69, 9.17) is 4.74 Å². The molecule has 0 unspecified atom stereocenters. The lowest BCUT2D eigenvalue weighted by Gasteiger charge is -2.04. The predicted molar refractivity (Wildman–Crippen MR) is 87.6 cm³/mol. The number of carbonyl (C=O) groups is 1. The molecule has 0 radical (unpaired) electrons. The van der Waals surface area contributed by atoms with Crippen LogP contribution in [0.15, 0.2) is 54.9 Å². The second kappa shape index (κ2) is 7.14. The van der Waals surface area contributed by atoms with Gasteiger partial charge in [0.25, 0.3) is 0 Å². The quantitative estimate of drug-likeness (QED) is 0.731. The van der Waals surface area contributed by atoms with Crippen molar-refractivity contribution >= 4 is 17.1 Å². The number of H-pyrrole nitrogens is 1. The van der Waals surface area contributed by atoms with Gasteiger partial charge in [-0.3, -0.25) is 0 Å². The van der Waals surface area contributed by atoms with Crippen molar-refractivity contribution < 1.29 is 9.53 Å². The van der Waals surface area contributed by atoms with Crippen molar-refractivity contribution in [2.24, 2.45) is 0 Å². The zero-order valence-corrected chi connectivity index (χ0v) is 12.4. The van der Waals surface area contributed by atoms with Crippen molar-refractivity contribution in [2.45, 2.75) is 6.61 Å². The lowest BCUT2D eigenvalue weighted by molar-refractivity contribution is 0.141. The number of hydrogen-bond donors (Lipinski definition) is 2. The van der Waals surface area contributed by atoms with Gasteiger partial charge in [-0.2, -0.15) is 0 Å². The van der Waals surface area contributed by atoms with Crippen molar-refractivity contribution in [3.8, 4) is 11.8 Å². The molecular formula is C18H15N3O2. The van der Waals surface area contributed by atoms with Crippen LogP contribution in [0.5, 0.6) is 0 Å². The molecule has 3 rings (SSSR count). The van der Waals surface area contributed by atoms with Gasteiger partial charge in [0.15, 0.2) is 0 Å². The average molecular weight is 305 g/mol. The van der Waals surface area contributed by atoms with Crippen LogP contribution < -0.4 is 5.32 Å². The number of alkyl carbamates (subject to hydrolysis) is 1. The highest BCUT2D eigenvalue weighted by atomic mass is 16.5. The van der Waals surface area contributed by atoms with Gasteiger partial charge in [0.05, 0.1) is 6.54 Å². The van der Waals surface area contributed by atoms with E-state index in [0.29, 0.717) is 0 Å². The molecule has 3 aromatic rings. The molecule has 0 atom stereocenters. The molecule has 0 fully saturated rings. The first kappa shape index (κ1) is 14.7. The second-order valence-corrected chi connectivity index (χ2v) is 4.86. The Kier molecular flexibility index (Phi) is 4.55. The first-order valence-corrected chi connectivity index (χ1v) is 7.18. The van der Waals surface area contributed by atoms with Gasteiger partial charge in [0.1, 0.15) is 12.3 Å². The minimum atomic E-state index is -0.484. The summed E-state index contributed by atoms with van der Waals surface area (Å²) in [6.07, 6.45) is 3.04. The van der Waals surface area contributed by atoms with E-state index in [1.165, 1.54) is 0 Å². The van der Waals surface area contributed by atoms with Gasteiger partial charge in [-0.05, 0) is 17.7 Å². The highest BCUT2D eigenvalue weighted by Crippen LogP contribution is 2.10. The van der Waals surface area contributed by atoms with Gasteiger partial charge < -0.3 is 15.0 Å². The Morgan fingerprint density at radius 2 is 2.13 bits per heavy atom. The van der Waals surface area contributed by atoms with E-state index in [9.17, 15) is 4.79 Å². The van der Waals surface area contributed by atoms with Crippen LogP contribution >= 0.6 is 0 Å². The molecule has 5 nitrogen and oxygen atoms in total. The third-order valence-electron chi connectivity index (χ3n) is 3.17. The fourth-order valence-corrected chi connectivity index (χ4v) is 2.04. The standard InChI is InChI=1S/C18H15N3O2/c22-18(23-13-14-5-2-1-3-6-14)20-9-4-7-15-11-16-8-10-19-17(16)21-12-15/h1-3,5-6,8,10-12H,9,13H2,(H,19,21)(H,20,22). The zero-order chi connectivity index (χ0) is 15.9. The molecule has 5 heteroatoms. The summed E-state index contributed by atoms with van der Waals surface area (Å²) in [6.45, 7) is 0.465. The largest absolute Gasteiger partial charge is 0.445 e. The number of nitrogens with one attached hydrogen (secondary N) is 2. The molecular weight excluding hydrogens is 290 g/mol. The molecule has 0 bridgehead atoms. The van der Waals surface area contributed by atoms with Gasteiger partial charge in [-0.15, -0.1) is 0 Å². The summed E-state index contributed by atoms with van der Waals surface area (Å²) in [7, 11) is 0. The Morgan fingerprint density at radius 1 is 1.26 bits per heavy atom. The van der Waals surface area contributed by atoms with Crippen molar-refractivity contribution in [2.75, 3.05) is 6.54 Å². The smallest absolute Gasteiger partial charge is 0.408 e. The number of fused-ring (bicyclic) bond motifs is 1. The fraction of sp³-hybridized carbons (Fsp3) is 0.111. The minimum Gasteiger partial charge on any atom is -0.445 e. The van der Waals surface area contributed by atoms with E-state index in [0.717, 1.165) is 22.2 Å². The number of aromatic nitrogens is 2. The SMILES string of the molecule is O=C(NCC#Cc1cnc2[nH]ccc2c1)OCc1ccccc1. The highest BCUT2D eigenvalue weighted by Gasteiger charge is 2.00. The number of nitrogens with zero attached hydrogens (tertiary/aromatic N) is 1. The summed E-state index contributed by atoms with van der Waals surface area (Å²) in [4.78, 5) is 18.8. The van der Waals surface area contributed by atoms with Crippen molar-refractivity contribution in [1.29, 1.82) is 0 Å². The number of carbonyl (C=O) groups excluding carboxylic acids is 1. The lowest BCUT2D eigenvalue weighted by atomic mass is 10.2. The van der Waals surface area contributed by atoms with E-state index in [2.05, 4.69) is 27.1 Å². The molecule has 0 saturated heterocycles. The van der Waals surface area contributed by atoms with Gasteiger partial charge >= 0.3 is 6.09 Å². The predicted octanol–water partition coefficient (Wildman–Crippen LogP) is 2.84. The van der Waals surface area contributed by atoms with Gasteiger partial charge in [0.2, 0.25) is 0 Å². The number of aromatic amines is 1. The third-order valence-corrected chi connectivity index (χ3v) is 3.17. The Labute approximate surface area is 133 Å². The summed E-state index contributed by atoms with van der Waals surface area (Å²) in [6, 6.07) is 13.4. The Bertz CT molecular complexity index is 860. The summed E-state index contributed by atoms with van der Waals surface area (Å²) < 4.78 is 5.09. The van der Waals surface area contributed by atoms with E-state index in [1.54, 1.807) is 6.20 Å². The molecule has 0 aliphatic carbocycles. The maximum Gasteiger partial charge on any atom is 0.408 e. The summed E-state index contributed by atoms with van der Waals surface area (Å²) >= 11 is 0. The summed E-state index contributed by atoms with van der Waals surface area (Å²) in [5.41, 5.74) is 2.58. The van der Waals surface area contributed by atoms with Gasteiger partial charge in [-0.1, -0.05) is 42.2 Å². The van der Waals surface area contributed by atoms with Crippen LogP contribution in [0.25, 0.3) is 11.0 Å². The number of ether oxygens (including phenoxy) is 1. The van der Waals surface area contributed by atoms with Gasteiger partial charge in [0, 0.05) is 23.3 Å². The maximum atomic E-state index is 11.6. The summed E-state index contributed by atoms with van der Waals surface area (Å²) in [5.74, 6) is 5.83. The van der Waals surface area contributed by atoms with E-state index in [-0.39, 0.29) is 13.2 Å². The molecule has 1 amide bonds. The highest BCUT2D eigenvalue weighted by molar-refractivity contribution is 5.76. The molecule has 23 heavy (non-hydrogen) atoms. The van der Waals surface area contributed by atoms with Crippen LogP contribution in [0.4, 0.5) is 4.79 Å². The average Bonchev–Trinajstić information content (AvgIpc) is 3.05. The number of amides is 1. The fourth-order valence-electron chi connectivity index (χ4n) is 2.04. The monoisotopic (exact) mass is 305 g/mol. The molecule has 0 spiro atoms. The number of pyridine rings is 1. The Hall–Kier alpha value is -3.26. The molecule has 0 aliphatic heterocycles. The number of hydrogen-bond acceptors (Lipinski definition) is 3. The van der Waals surface area contributed by atoms with Crippen LogP contribution in [0.1, 0.15) is 11.1 Å². The van der Waals surface area contributed by atoms with Gasteiger partial charge in [-0.25, -0.2) is 9.78 Å². The molecule has 2 aromatic heterocycles. The minimum absolute atomic E-state index is 0.221. The molecule has 114 valence electrons. The van der Waals surface area contributed by atoms with E-state index in [1.807, 2.05) is 48.7 Å². The first-order chi connectivity index (χ1) is 11.3. The Morgan fingerprint density at radius 3 is 3.00 bits per heavy atom. The van der Waals surface area contributed by atoms with Crippen molar-refractivity contribution in [3.05, 3.63) is 66.0 Å².